The zero-order valence-electron chi connectivity index (χ0n) is 9.75. The SMILES string of the molecule is OC1(CCC2CC=CCC2)CCCCC1. The van der Waals surface area contributed by atoms with Crippen molar-refractivity contribution in [3.05, 3.63) is 12.2 Å². The fourth-order valence-corrected chi connectivity index (χ4v) is 3.05. The Morgan fingerprint density at radius 3 is 2.60 bits per heavy atom. The van der Waals surface area contributed by atoms with E-state index in [0.717, 1.165) is 25.2 Å². The molecular formula is C14H24O. The van der Waals surface area contributed by atoms with E-state index in [1.54, 1.807) is 0 Å². The molecule has 0 aromatic rings. The van der Waals surface area contributed by atoms with Crippen LogP contribution in [0.2, 0.25) is 0 Å². The predicted octanol–water partition coefficient (Wildman–Crippen LogP) is 3.82. The molecule has 15 heavy (non-hydrogen) atoms. The lowest BCUT2D eigenvalue weighted by Crippen LogP contribution is -2.31. The van der Waals surface area contributed by atoms with Crippen LogP contribution < -0.4 is 0 Å². The van der Waals surface area contributed by atoms with Crippen LogP contribution in [0.15, 0.2) is 12.2 Å². The van der Waals surface area contributed by atoms with Gasteiger partial charge in [0.15, 0.2) is 0 Å². The molecule has 86 valence electrons. The van der Waals surface area contributed by atoms with Crippen LogP contribution >= 0.6 is 0 Å². The van der Waals surface area contributed by atoms with Gasteiger partial charge in [-0.25, -0.2) is 0 Å². The van der Waals surface area contributed by atoms with Gasteiger partial charge in [-0.05, 0) is 50.9 Å². The normalized spacial score (nSPS) is 30.3. The van der Waals surface area contributed by atoms with Crippen LogP contribution in [0.25, 0.3) is 0 Å². The molecule has 2 aliphatic carbocycles. The highest BCUT2D eigenvalue weighted by Gasteiger charge is 2.29. The third-order valence-electron chi connectivity index (χ3n) is 4.18. The molecule has 0 radical (unpaired) electrons. The third-order valence-corrected chi connectivity index (χ3v) is 4.18. The molecule has 0 amide bonds. The second kappa shape index (κ2) is 5.16. The molecule has 2 aliphatic rings. The molecule has 0 aliphatic heterocycles. The standard InChI is InChI=1S/C14H24O/c15-14(10-5-2-6-11-14)12-9-13-7-3-1-4-8-13/h1,3,13,15H,2,4-12H2. The highest BCUT2D eigenvalue weighted by molar-refractivity contribution is 4.91. The lowest BCUT2D eigenvalue weighted by atomic mass is 9.78. The first kappa shape index (κ1) is 11.2. The summed E-state index contributed by atoms with van der Waals surface area (Å²) in [5.74, 6) is 0.848. The molecule has 1 atom stereocenters. The van der Waals surface area contributed by atoms with E-state index in [1.165, 1.54) is 44.9 Å². The third kappa shape index (κ3) is 3.34. The van der Waals surface area contributed by atoms with Gasteiger partial charge in [-0.3, -0.25) is 0 Å². The molecule has 1 saturated carbocycles. The molecule has 1 fully saturated rings. The van der Waals surface area contributed by atoms with Crippen molar-refractivity contribution in [2.24, 2.45) is 5.92 Å². The van der Waals surface area contributed by atoms with Gasteiger partial charge in [0.2, 0.25) is 0 Å². The molecular weight excluding hydrogens is 184 g/mol. The number of hydrogen-bond acceptors (Lipinski definition) is 1. The molecule has 0 bridgehead atoms. The molecule has 0 heterocycles. The molecule has 1 unspecified atom stereocenters. The van der Waals surface area contributed by atoms with Gasteiger partial charge >= 0.3 is 0 Å². The minimum absolute atomic E-state index is 0.292. The topological polar surface area (TPSA) is 20.2 Å². The van der Waals surface area contributed by atoms with Crippen LogP contribution in [0.1, 0.15) is 64.2 Å². The van der Waals surface area contributed by atoms with Gasteiger partial charge < -0.3 is 5.11 Å². The Hall–Kier alpha value is -0.300. The van der Waals surface area contributed by atoms with Gasteiger partial charge in [0, 0.05) is 0 Å². The lowest BCUT2D eigenvalue weighted by Gasteiger charge is -2.33. The van der Waals surface area contributed by atoms with Crippen LogP contribution in [0.4, 0.5) is 0 Å². The Labute approximate surface area is 93.6 Å². The largest absolute Gasteiger partial charge is 0.390 e. The van der Waals surface area contributed by atoms with Gasteiger partial charge in [0.1, 0.15) is 0 Å². The zero-order valence-corrected chi connectivity index (χ0v) is 9.75. The molecule has 2 rings (SSSR count). The summed E-state index contributed by atoms with van der Waals surface area (Å²) in [5, 5.41) is 10.4. The van der Waals surface area contributed by atoms with Crippen molar-refractivity contribution in [2.45, 2.75) is 69.8 Å². The van der Waals surface area contributed by atoms with Crippen molar-refractivity contribution in [1.82, 2.24) is 0 Å². The maximum Gasteiger partial charge on any atom is 0.0648 e. The Morgan fingerprint density at radius 2 is 1.93 bits per heavy atom. The summed E-state index contributed by atoms with van der Waals surface area (Å²) in [5.41, 5.74) is -0.292. The quantitative estimate of drug-likeness (QED) is 0.699. The Kier molecular flexibility index (Phi) is 3.85. The van der Waals surface area contributed by atoms with Gasteiger partial charge in [-0.1, -0.05) is 31.4 Å². The zero-order chi connectivity index (χ0) is 10.6. The molecule has 0 aromatic carbocycles. The average Bonchev–Trinajstić information content (AvgIpc) is 2.29. The summed E-state index contributed by atoms with van der Waals surface area (Å²) in [6.07, 6.45) is 16.6. The molecule has 0 saturated heterocycles. The van der Waals surface area contributed by atoms with Gasteiger partial charge in [-0.15, -0.1) is 0 Å². The van der Waals surface area contributed by atoms with Crippen LogP contribution in [0, 0.1) is 5.92 Å². The molecule has 1 N–H and O–H groups in total. The van der Waals surface area contributed by atoms with Crippen molar-refractivity contribution in [1.29, 1.82) is 0 Å². The van der Waals surface area contributed by atoms with E-state index in [9.17, 15) is 5.11 Å². The second-order valence-corrected chi connectivity index (χ2v) is 5.47. The fourth-order valence-electron chi connectivity index (χ4n) is 3.05. The van der Waals surface area contributed by atoms with Crippen LogP contribution in [0.5, 0.6) is 0 Å². The summed E-state index contributed by atoms with van der Waals surface area (Å²) in [6.45, 7) is 0. The smallest absolute Gasteiger partial charge is 0.0648 e. The Bertz CT molecular complexity index is 213. The van der Waals surface area contributed by atoms with E-state index in [-0.39, 0.29) is 5.60 Å². The van der Waals surface area contributed by atoms with Crippen molar-refractivity contribution in [3.8, 4) is 0 Å². The summed E-state index contributed by atoms with van der Waals surface area (Å²) in [6, 6.07) is 0. The lowest BCUT2D eigenvalue weighted by molar-refractivity contribution is -0.00919. The second-order valence-electron chi connectivity index (χ2n) is 5.47. The highest BCUT2D eigenvalue weighted by Crippen LogP contribution is 2.34. The summed E-state index contributed by atoms with van der Waals surface area (Å²) in [4.78, 5) is 0. The van der Waals surface area contributed by atoms with E-state index in [0.29, 0.717) is 0 Å². The summed E-state index contributed by atoms with van der Waals surface area (Å²) >= 11 is 0. The van der Waals surface area contributed by atoms with Crippen LogP contribution in [-0.4, -0.2) is 10.7 Å². The minimum Gasteiger partial charge on any atom is -0.390 e. The molecule has 1 nitrogen and oxygen atoms in total. The maximum atomic E-state index is 10.4. The van der Waals surface area contributed by atoms with E-state index in [1.807, 2.05) is 0 Å². The number of aliphatic hydroxyl groups is 1. The molecule has 0 spiro atoms. The van der Waals surface area contributed by atoms with Crippen molar-refractivity contribution < 1.29 is 5.11 Å². The maximum absolute atomic E-state index is 10.4. The number of allylic oxidation sites excluding steroid dienone is 2. The minimum atomic E-state index is -0.292. The first-order valence-electron chi connectivity index (χ1n) is 6.66. The molecule has 1 heteroatoms. The monoisotopic (exact) mass is 208 g/mol. The van der Waals surface area contributed by atoms with Gasteiger partial charge in [0.05, 0.1) is 5.60 Å². The van der Waals surface area contributed by atoms with E-state index in [4.69, 9.17) is 0 Å². The first-order chi connectivity index (χ1) is 7.29. The van der Waals surface area contributed by atoms with E-state index >= 15 is 0 Å². The van der Waals surface area contributed by atoms with Crippen molar-refractivity contribution >= 4 is 0 Å². The van der Waals surface area contributed by atoms with Crippen LogP contribution in [0.3, 0.4) is 0 Å². The van der Waals surface area contributed by atoms with E-state index in [2.05, 4.69) is 12.2 Å². The predicted molar refractivity (Wildman–Crippen MR) is 63.7 cm³/mol. The number of hydrogen-bond donors (Lipinski definition) is 1. The van der Waals surface area contributed by atoms with E-state index < -0.39 is 0 Å². The summed E-state index contributed by atoms with van der Waals surface area (Å²) in [7, 11) is 0. The van der Waals surface area contributed by atoms with Crippen LogP contribution in [-0.2, 0) is 0 Å². The average molecular weight is 208 g/mol. The van der Waals surface area contributed by atoms with Crippen molar-refractivity contribution in [2.75, 3.05) is 0 Å². The van der Waals surface area contributed by atoms with Gasteiger partial charge in [0.25, 0.3) is 0 Å². The van der Waals surface area contributed by atoms with Crippen molar-refractivity contribution in [3.63, 3.8) is 0 Å². The summed E-state index contributed by atoms with van der Waals surface area (Å²) < 4.78 is 0. The Morgan fingerprint density at radius 1 is 1.13 bits per heavy atom. The first-order valence-corrected chi connectivity index (χ1v) is 6.66. The highest BCUT2D eigenvalue weighted by atomic mass is 16.3. The fraction of sp³-hybridized carbons (Fsp3) is 0.857. The molecule has 0 aromatic heterocycles. The number of rotatable bonds is 3. The van der Waals surface area contributed by atoms with Gasteiger partial charge in [-0.2, -0.15) is 0 Å². The Balaban J connectivity index is 1.73.